The second-order valence-corrected chi connectivity index (χ2v) is 13.8. The van der Waals surface area contributed by atoms with Gasteiger partial charge in [0.05, 0.1) is 32.1 Å². The molecule has 2 N–H and O–H groups in total. The predicted molar refractivity (Wildman–Crippen MR) is 168 cm³/mol. The van der Waals surface area contributed by atoms with Gasteiger partial charge in [0.2, 0.25) is 15.9 Å². The minimum Gasteiger partial charge on any atom is -0.325 e. The molecule has 0 aliphatic carbocycles. The van der Waals surface area contributed by atoms with Gasteiger partial charge in [-0.3, -0.25) is 14.4 Å². The summed E-state index contributed by atoms with van der Waals surface area (Å²) >= 11 is 2.84. The summed E-state index contributed by atoms with van der Waals surface area (Å²) < 4.78 is 24.3. The smallest absolute Gasteiger partial charge is 0.264 e. The second-order valence-electron chi connectivity index (χ2n) is 10.2. The Morgan fingerprint density at radius 3 is 2.47 bits per heavy atom. The summed E-state index contributed by atoms with van der Waals surface area (Å²) in [5, 5.41) is 7.82. The van der Waals surface area contributed by atoms with E-state index < -0.39 is 22.0 Å². The number of nitrogens with two attached hydrogens (primary N) is 1. The van der Waals surface area contributed by atoms with E-state index in [0.29, 0.717) is 17.0 Å². The Hall–Kier alpha value is -4.23. The number of nitrogens with zero attached hydrogens (tertiary/aromatic N) is 3. The zero-order valence-electron chi connectivity index (χ0n) is 23.0. The normalized spacial score (nSPS) is 15.4. The molecule has 6 rings (SSSR count). The van der Waals surface area contributed by atoms with E-state index in [1.54, 1.807) is 53.1 Å². The molecule has 1 unspecified atom stereocenters. The molecule has 1 fully saturated rings. The van der Waals surface area contributed by atoms with Crippen molar-refractivity contribution in [2.24, 2.45) is 5.14 Å². The van der Waals surface area contributed by atoms with Gasteiger partial charge in [0, 0.05) is 12.1 Å². The van der Waals surface area contributed by atoms with Gasteiger partial charge in [0.25, 0.3) is 11.8 Å². The Labute approximate surface area is 256 Å². The number of anilines is 1. The van der Waals surface area contributed by atoms with Crippen molar-refractivity contribution in [1.82, 2.24) is 9.88 Å². The Bertz CT molecular complexity index is 1950. The number of rotatable bonds is 8. The number of thiazole rings is 1. The number of fused-ring (bicyclic) bond motifs is 1. The van der Waals surface area contributed by atoms with Crippen LogP contribution in [0.5, 0.6) is 0 Å². The minimum atomic E-state index is -3.83. The molecule has 3 amide bonds. The fourth-order valence-electron chi connectivity index (χ4n) is 5.08. The lowest BCUT2D eigenvalue weighted by atomic mass is 10.1. The average Bonchev–Trinajstić information content (AvgIpc) is 3.73. The van der Waals surface area contributed by atoms with Gasteiger partial charge in [-0.15, -0.1) is 22.7 Å². The Morgan fingerprint density at radius 1 is 1.05 bits per heavy atom. The van der Waals surface area contributed by atoms with Crippen LogP contribution in [0.15, 0.2) is 89.1 Å². The van der Waals surface area contributed by atoms with Crippen molar-refractivity contribution in [3.63, 3.8) is 0 Å². The number of thiophene rings is 1. The highest BCUT2D eigenvalue weighted by molar-refractivity contribution is 7.89. The van der Waals surface area contributed by atoms with Crippen molar-refractivity contribution in [2.75, 3.05) is 11.4 Å². The van der Waals surface area contributed by atoms with Crippen LogP contribution >= 0.6 is 22.7 Å². The number of hydrogen-bond donors (Lipinski definition) is 1. The summed E-state index contributed by atoms with van der Waals surface area (Å²) in [6.07, 6.45) is 0.204. The number of hydrogen-bond acceptors (Lipinski definition) is 8. The van der Waals surface area contributed by atoms with E-state index in [0.717, 1.165) is 36.8 Å². The van der Waals surface area contributed by atoms with E-state index in [-0.39, 0.29) is 29.7 Å². The first-order valence-corrected chi connectivity index (χ1v) is 16.6. The van der Waals surface area contributed by atoms with Crippen molar-refractivity contribution in [3.8, 4) is 10.6 Å². The molecule has 5 aromatic rings. The van der Waals surface area contributed by atoms with Gasteiger partial charge in [0.1, 0.15) is 11.0 Å². The van der Waals surface area contributed by atoms with E-state index in [1.807, 2.05) is 31.2 Å². The molecule has 3 aromatic carbocycles. The monoisotopic (exact) mass is 630 g/mol. The van der Waals surface area contributed by atoms with Crippen molar-refractivity contribution in [1.29, 1.82) is 0 Å². The molecule has 9 nitrogen and oxygen atoms in total. The van der Waals surface area contributed by atoms with Crippen LogP contribution in [0.25, 0.3) is 20.8 Å². The Kier molecular flexibility index (Phi) is 7.69. The largest absolute Gasteiger partial charge is 0.325 e. The van der Waals surface area contributed by atoms with E-state index in [1.165, 1.54) is 28.4 Å². The zero-order chi connectivity index (χ0) is 30.3. The maximum Gasteiger partial charge on any atom is 0.264 e. The lowest BCUT2D eigenvalue weighted by Crippen LogP contribution is -2.46. The van der Waals surface area contributed by atoms with Gasteiger partial charge in [-0.2, -0.15) is 0 Å². The number of imide groups is 1. The molecular weight excluding hydrogens is 605 g/mol. The molecule has 43 heavy (non-hydrogen) atoms. The SMILES string of the molecule is Cc1ccc2nc(-c3ccc(N4C(=O)CC(N(CCc5ccc(S(N)(=O)=O)cc5)C(=O)c5cccs5)C4=O)cc3)sc2c1. The molecule has 12 heteroatoms. The van der Waals surface area contributed by atoms with Crippen LogP contribution < -0.4 is 10.0 Å². The van der Waals surface area contributed by atoms with Gasteiger partial charge in [-0.25, -0.2) is 23.4 Å². The van der Waals surface area contributed by atoms with Gasteiger partial charge in [0.15, 0.2) is 0 Å². The highest BCUT2D eigenvalue weighted by atomic mass is 32.2. The summed E-state index contributed by atoms with van der Waals surface area (Å²) in [6, 6.07) is 21.7. The van der Waals surface area contributed by atoms with Crippen molar-refractivity contribution in [3.05, 3.63) is 100 Å². The van der Waals surface area contributed by atoms with E-state index >= 15 is 0 Å². The van der Waals surface area contributed by atoms with Crippen LogP contribution in [0, 0.1) is 6.92 Å². The molecule has 218 valence electrons. The molecule has 1 saturated heterocycles. The summed E-state index contributed by atoms with van der Waals surface area (Å²) in [4.78, 5) is 48.2. The maximum absolute atomic E-state index is 13.7. The molecule has 0 radical (unpaired) electrons. The molecule has 1 aliphatic rings. The lowest BCUT2D eigenvalue weighted by Gasteiger charge is -2.27. The first kappa shape index (κ1) is 28.9. The fourth-order valence-corrected chi connectivity index (χ4v) is 7.34. The van der Waals surface area contributed by atoms with Crippen LogP contribution in [0.2, 0.25) is 0 Å². The number of benzene rings is 3. The Balaban J connectivity index is 1.23. The second kappa shape index (κ2) is 11.5. The van der Waals surface area contributed by atoms with Crippen LogP contribution in [-0.2, 0) is 26.0 Å². The van der Waals surface area contributed by atoms with Gasteiger partial charge < -0.3 is 4.90 Å². The summed E-state index contributed by atoms with van der Waals surface area (Å²) in [5.41, 5.74) is 4.13. The van der Waals surface area contributed by atoms with E-state index in [4.69, 9.17) is 10.1 Å². The third kappa shape index (κ3) is 5.87. The van der Waals surface area contributed by atoms with Crippen LogP contribution in [0.3, 0.4) is 0 Å². The van der Waals surface area contributed by atoms with E-state index in [2.05, 4.69) is 6.07 Å². The van der Waals surface area contributed by atoms with Gasteiger partial charge in [-0.1, -0.05) is 24.3 Å². The number of aryl methyl sites for hydroxylation is 1. The van der Waals surface area contributed by atoms with Crippen molar-refractivity contribution in [2.45, 2.75) is 30.7 Å². The first-order valence-electron chi connectivity index (χ1n) is 13.4. The third-order valence-electron chi connectivity index (χ3n) is 7.30. The number of sulfonamides is 1. The van der Waals surface area contributed by atoms with Gasteiger partial charge >= 0.3 is 0 Å². The molecule has 1 atom stereocenters. The van der Waals surface area contributed by atoms with E-state index in [9.17, 15) is 22.8 Å². The molecule has 0 saturated carbocycles. The highest BCUT2D eigenvalue weighted by Gasteiger charge is 2.44. The third-order valence-corrected chi connectivity index (χ3v) is 10.2. The lowest BCUT2D eigenvalue weighted by molar-refractivity contribution is -0.122. The predicted octanol–water partition coefficient (Wildman–Crippen LogP) is 5.00. The van der Waals surface area contributed by atoms with Crippen LogP contribution in [0.1, 0.15) is 27.2 Å². The molecule has 3 heterocycles. The standard InChI is InChI=1S/C31H26N4O5S3/c1-19-4-13-24-27(17-19)42-29(33-24)21-7-9-22(10-8-21)35-28(36)18-25(30(35)37)34(31(38)26-3-2-16-41-26)15-14-20-5-11-23(12-6-20)43(32,39)40/h2-13,16-17,25H,14-15,18H2,1H3,(H2,32,39,40). The average molecular weight is 631 g/mol. The van der Waals surface area contributed by atoms with Crippen LogP contribution in [0.4, 0.5) is 5.69 Å². The van der Waals surface area contributed by atoms with Crippen molar-refractivity contribution >= 4 is 66.3 Å². The molecule has 0 bridgehead atoms. The number of carbonyl (C=O) groups excluding carboxylic acids is 3. The fraction of sp³-hybridized carbons (Fsp3) is 0.161. The summed E-state index contributed by atoms with van der Waals surface area (Å²) in [5.74, 6) is -1.20. The highest BCUT2D eigenvalue weighted by Crippen LogP contribution is 2.33. The minimum absolute atomic E-state index is 0.0146. The summed E-state index contributed by atoms with van der Waals surface area (Å²) in [7, 11) is -3.83. The molecule has 1 aliphatic heterocycles. The number of primary sulfonamides is 1. The number of aromatic nitrogens is 1. The topological polar surface area (TPSA) is 131 Å². The zero-order valence-corrected chi connectivity index (χ0v) is 25.4. The Morgan fingerprint density at radius 2 is 1.79 bits per heavy atom. The molecule has 0 spiro atoms. The van der Waals surface area contributed by atoms with Gasteiger partial charge in [-0.05, 0) is 84.4 Å². The first-order chi connectivity index (χ1) is 20.6. The number of amides is 3. The van der Waals surface area contributed by atoms with Crippen LogP contribution in [-0.4, -0.2) is 48.6 Å². The summed E-state index contributed by atoms with van der Waals surface area (Å²) in [6.45, 7) is 2.19. The quantitative estimate of drug-likeness (QED) is 0.240. The maximum atomic E-state index is 13.7. The number of carbonyl (C=O) groups is 3. The molecule has 2 aromatic heterocycles. The van der Waals surface area contributed by atoms with Crippen molar-refractivity contribution < 1.29 is 22.8 Å². The molecular formula is C31H26N4O5S3.